The average Bonchev–Trinajstić information content (AvgIpc) is 3.12. The summed E-state index contributed by atoms with van der Waals surface area (Å²) in [5.41, 5.74) is 0.868. The number of pyridine rings is 1. The summed E-state index contributed by atoms with van der Waals surface area (Å²) < 4.78 is 5.30. The maximum absolute atomic E-state index is 12.7. The fraction of sp³-hybridized carbons (Fsp3) is 0.400. The highest BCUT2D eigenvalue weighted by molar-refractivity contribution is 5.77. The van der Waals surface area contributed by atoms with Crippen LogP contribution < -0.4 is 0 Å². The van der Waals surface area contributed by atoms with Gasteiger partial charge in [-0.05, 0) is 38.3 Å². The minimum atomic E-state index is 0.128. The Bertz CT molecular complexity index is 769. The van der Waals surface area contributed by atoms with Crippen LogP contribution in [0, 0.1) is 0 Å². The van der Waals surface area contributed by atoms with Crippen molar-refractivity contribution in [1.82, 2.24) is 20.0 Å². The van der Waals surface area contributed by atoms with Gasteiger partial charge in [-0.15, -0.1) is 6.58 Å². The van der Waals surface area contributed by atoms with Crippen LogP contribution in [0.1, 0.15) is 38.5 Å². The van der Waals surface area contributed by atoms with Crippen LogP contribution in [0.25, 0.3) is 11.4 Å². The number of hydrogen-bond acceptors (Lipinski definition) is 5. The zero-order chi connectivity index (χ0) is 18.4. The number of aromatic nitrogens is 3. The summed E-state index contributed by atoms with van der Waals surface area (Å²) in [6, 6.07) is 4.01. The lowest BCUT2D eigenvalue weighted by atomic mass is 9.99. The van der Waals surface area contributed by atoms with Gasteiger partial charge >= 0.3 is 0 Å². The molecule has 3 heterocycles. The largest absolute Gasteiger partial charge is 0.339 e. The van der Waals surface area contributed by atoms with E-state index in [1.165, 1.54) is 0 Å². The lowest BCUT2D eigenvalue weighted by molar-refractivity contribution is -0.135. The van der Waals surface area contributed by atoms with Crippen molar-refractivity contribution in [3.63, 3.8) is 0 Å². The molecular weight excluding hydrogens is 328 g/mol. The van der Waals surface area contributed by atoms with Gasteiger partial charge in [0.25, 0.3) is 0 Å². The van der Waals surface area contributed by atoms with E-state index in [4.69, 9.17) is 4.52 Å². The summed E-state index contributed by atoms with van der Waals surface area (Å²) in [6.45, 7) is 5.87. The van der Waals surface area contributed by atoms with Gasteiger partial charge in [-0.3, -0.25) is 9.78 Å². The molecule has 6 nitrogen and oxygen atoms in total. The van der Waals surface area contributed by atoms with Gasteiger partial charge < -0.3 is 9.42 Å². The maximum atomic E-state index is 12.7. The van der Waals surface area contributed by atoms with Gasteiger partial charge in [-0.2, -0.15) is 4.98 Å². The lowest BCUT2D eigenvalue weighted by Crippen LogP contribution is -2.46. The highest BCUT2D eigenvalue weighted by Crippen LogP contribution is 2.22. The average molecular weight is 352 g/mol. The van der Waals surface area contributed by atoms with E-state index < -0.39 is 0 Å². The van der Waals surface area contributed by atoms with E-state index in [1.807, 2.05) is 23.1 Å². The summed E-state index contributed by atoms with van der Waals surface area (Å²) in [6.07, 6.45) is 13.0. The molecular formula is C20H24N4O2. The van der Waals surface area contributed by atoms with Crippen molar-refractivity contribution in [2.45, 2.75) is 51.1 Å². The first-order valence-corrected chi connectivity index (χ1v) is 9.00. The molecule has 2 atom stereocenters. The van der Waals surface area contributed by atoms with Gasteiger partial charge in [0, 0.05) is 42.9 Å². The third-order valence-electron chi connectivity index (χ3n) is 4.57. The Kier molecular flexibility index (Phi) is 5.94. The highest BCUT2D eigenvalue weighted by atomic mass is 16.5. The quantitative estimate of drug-likeness (QED) is 0.712. The third kappa shape index (κ3) is 4.25. The maximum Gasteiger partial charge on any atom is 0.226 e. The SMILES string of the molecule is C=CC[C@@H]1CC=C[C@@H](C)N1C(=O)CCCc1nc(-c2ccncc2)no1. The second kappa shape index (κ2) is 8.56. The van der Waals surface area contributed by atoms with Crippen molar-refractivity contribution in [2.24, 2.45) is 0 Å². The fourth-order valence-electron chi connectivity index (χ4n) is 3.30. The van der Waals surface area contributed by atoms with Crippen molar-refractivity contribution in [3.05, 3.63) is 55.2 Å². The first kappa shape index (κ1) is 18.0. The topological polar surface area (TPSA) is 72.1 Å². The summed E-state index contributed by atoms with van der Waals surface area (Å²) in [4.78, 5) is 23.1. The van der Waals surface area contributed by atoms with E-state index in [2.05, 4.69) is 40.8 Å². The minimum Gasteiger partial charge on any atom is -0.339 e. The molecule has 2 aromatic rings. The van der Waals surface area contributed by atoms with Gasteiger partial charge in [-0.25, -0.2) is 0 Å². The summed E-state index contributed by atoms with van der Waals surface area (Å²) in [5.74, 6) is 1.27. The Labute approximate surface area is 153 Å². The molecule has 1 amide bonds. The van der Waals surface area contributed by atoms with E-state index >= 15 is 0 Å². The van der Waals surface area contributed by atoms with Crippen molar-refractivity contribution in [2.75, 3.05) is 0 Å². The Morgan fingerprint density at radius 3 is 3.00 bits per heavy atom. The molecule has 1 aliphatic heterocycles. The Morgan fingerprint density at radius 1 is 1.42 bits per heavy atom. The summed E-state index contributed by atoms with van der Waals surface area (Å²) >= 11 is 0. The van der Waals surface area contributed by atoms with Gasteiger partial charge in [0.2, 0.25) is 17.6 Å². The van der Waals surface area contributed by atoms with Crippen LogP contribution in [0.4, 0.5) is 0 Å². The van der Waals surface area contributed by atoms with Crippen LogP contribution in [0.2, 0.25) is 0 Å². The van der Waals surface area contributed by atoms with Crippen molar-refractivity contribution < 1.29 is 9.32 Å². The number of rotatable bonds is 7. The lowest BCUT2D eigenvalue weighted by Gasteiger charge is -2.37. The number of nitrogens with zero attached hydrogens (tertiary/aromatic N) is 4. The van der Waals surface area contributed by atoms with E-state index in [9.17, 15) is 4.79 Å². The predicted octanol–water partition coefficient (Wildman–Crippen LogP) is 3.58. The van der Waals surface area contributed by atoms with Crippen molar-refractivity contribution >= 4 is 5.91 Å². The molecule has 6 heteroatoms. The van der Waals surface area contributed by atoms with E-state index in [-0.39, 0.29) is 18.0 Å². The van der Waals surface area contributed by atoms with Gasteiger partial charge in [0.15, 0.2) is 0 Å². The number of aryl methyl sites for hydroxylation is 1. The number of amides is 1. The number of carbonyl (C=O) groups excluding carboxylic acids is 1. The molecule has 2 aromatic heterocycles. The van der Waals surface area contributed by atoms with Crippen LogP contribution in [0.5, 0.6) is 0 Å². The van der Waals surface area contributed by atoms with Crippen LogP contribution in [0.15, 0.2) is 53.9 Å². The zero-order valence-electron chi connectivity index (χ0n) is 15.0. The molecule has 3 rings (SSSR count). The standard InChI is InChI=1S/C20H24N4O2/c1-3-6-17-8-4-7-15(2)24(17)19(25)10-5-9-18-22-20(23-26-18)16-11-13-21-14-12-16/h3-4,7,11-15,17H,1,5-6,8-10H2,2H3/t15-,17-/m1/s1. The minimum absolute atomic E-state index is 0.128. The second-order valence-corrected chi connectivity index (χ2v) is 6.48. The normalized spacial score (nSPS) is 19.5. The third-order valence-corrected chi connectivity index (χ3v) is 4.57. The molecule has 0 saturated heterocycles. The monoisotopic (exact) mass is 352 g/mol. The molecule has 0 aromatic carbocycles. The first-order chi connectivity index (χ1) is 12.7. The highest BCUT2D eigenvalue weighted by Gasteiger charge is 2.27. The zero-order valence-corrected chi connectivity index (χ0v) is 15.0. The fourth-order valence-corrected chi connectivity index (χ4v) is 3.30. The molecule has 136 valence electrons. The summed E-state index contributed by atoms with van der Waals surface area (Å²) in [5, 5.41) is 3.99. The molecule has 0 bridgehead atoms. The number of carbonyl (C=O) groups is 1. The van der Waals surface area contributed by atoms with Crippen LogP contribution in [-0.2, 0) is 11.2 Å². The van der Waals surface area contributed by atoms with E-state index in [1.54, 1.807) is 12.4 Å². The summed E-state index contributed by atoms with van der Waals surface area (Å²) in [7, 11) is 0. The molecule has 26 heavy (non-hydrogen) atoms. The van der Waals surface area contributed by atoms with Gasteiger partial charge in [-0.1, -0.05) is 23.4 Å². The number of hydrogen-bond donors (Lipinski definition) is 0. The van der Waals surface area contributed by atoms with E-state index in [0.29, 0.717) is 31.0 Å². The van der Waals surface area contributed by atoms with Gasteiger partial charge in [0.1, 0.15) is 0 Å². The van der Waals surface area contributed by atoms with Crippen molar-refractivity contribution in [1.29, 1.82) is 0 Å². The molecule has 0 unspecified atom stereocenters. The predicted molar refractivity (Wildman–Crippen MR) is 99.1 cm³/mol. The Hall–Kier alpha value is -2.76. The van der Waals surface area contributed by atoms with Crippen LogP contribution >= 0.6 is 0 Å². The van der Waals surface area contributed by atoms with E-state index in [0.717, 1.165) is 18.4 Å². The molecule has 0 aliphatic carbocycles. The second-order valence-electron chi connectivity index (χ2n) is 6.48. The molecule has 0 radical (unpaired) electrons. The molecule has 0 spiro atoms. The smallest absolute Gasteiger partial charge is 0.226 e. The Balaban J connectivity index is 1.54. The Morgan fingerprint density at radius 2 is 2.23 bits per heavy atom. The van der Waals surface area contributed by atoms with Crippen molar-refractivity contribution in [3.8, 4) is 11.4 Å². The van der Waals surface area contributed by atoms with Crippen LogP contribution in [0.3, 0.4) is 0 Å². The van der Waals surface area contributed by atoms with Gasteiger partial charge in [0.05, 0.1) is 0 Å². The van der Waals surface area contributed by atoms with Crippen LogP contribution in [-0.4, -0.2) is 38.0 Å². The first-order valence-electron chi connectivity index (χ1n) is 9.00. The molecule has 0 N–H and O–H groups in total. The molecule has 0 fully saturated rings. The molecule has 0 saturated carbocycles. The molecule has 1 aliphatic rings.